The van der Waals surface area contributed by atoms with Crippen LogP contribution in [0.2, 0.25) is 0 Å². The van der Waals surface area contributed by atoms with Crippen molar-refractivity contribution in [3.05, 3.63) is 69.9 Å². The smallest absolute Gasteiger partial charge is 0.182 e. The van der Waals surface area contributed by atoms with Crippen LogP contribution in [0.15, 0.2) is 59.5 Å². The van der Waals surface area contributed by atoms with E-state index in [1.54, 1.807) is 11.3 Å². The number of allylic oxidation sites excluding steroid dienone is 4. The topological polar surface area (TPSA) is 43.8 Å². The fraction of sp³-hybridized carbons (Fsp3) is 0.400. The lowest BCUT2D eigenvalue weighted by Gasteiger charge is -2.30. The van der Waals surface area contributed by atoms with Gasteiger partial charge in [0.1, 0.15) is 11.7 Å². The van der Waals surface area contributed by atoms with E-state index >= 15 is 0 Å². The van der Waals surface area contributed by atoms with Gasteiger partial charge < -0.3 is 14.9 Å². The first-order valence-electron chi connectivity index (χ1n) is 10.8. The lowest BCUT2D eigenvalue weighted by molar-refractivity contribution is -0.118. The Kier molecular flexibility index (Phi) is 4.55. The minimum absolute atomic E-state index is 0.0206. The van der Waals surface area contributed by atoms with E-state index in [2.05, 4.69) is 47.9 Å². The van der Waals surface area contributed by atoms with Gasteiger partial charge in [-0.05, 0) is 49.1 Å². The van der Waals surface area contributed by atoms with Crippen LogP contribution in [-0.2, 0) is 10.2 Å². The summed E-state index contributed by atoms with van der Waals surface area (Å²) in [6, 6.07) is 12.4. The summed E-state index contributed by atoms with van der Waals surface area (Å²) in [4.78, 5) is 18.5. The number of hydrogen-bond donors (Lipinski definition) is 1. The molecule has 1 N–H and O–H groups in total. The molecule has 5 rings (SSSR count). The number of aliphatic hydroxyl groups excluding tert-OH is 1. The van der Waals surface area contributed by atoms with Gasteiger partial charge in [0.25, 0.3) is 0 Å². The lowest BCUT2D eigenvalue weighted by Crippen LogP contribution is -2.30. The number of aliphatic hydroxyl groups is 1. The van der Waals surface area contributed by atoms with Crippen LogP contribution < -0.4 is 9.80 Å². The van der Waals surface area contributed by atoms with Crippen molar-refractivity contribution >= 4 is 27.8 Å². The summed E-state index contributed by atoms with van der Waals surface area (Å²) in [6.07, 6.45) is 5.65. The fourth-order valence-electron chi connectivity index (χ4n) is 5.07. The first-order valence-corrected chi connectivity index (χ1v) is 11.6. The number of Topliss-reactive ketones (excluding diaryl/α,β-unsaturated/α-hetero) is 1. The zero-order valence-corrected chi connectivity index (χ0v) is 18.6. The van der Waals surface area contributed by atoms with E-state index in [1.807, 2.05) is 25.3 Å². The molecule has 2 aliphatic heterocycles. The average Bonchev–Trinajstić information content (AvgIpc) is 3.30. The van der Waals surface area contributed by atoms with Crippen LogP contribution in [0, 0.1) is 0 Å². The number of para-hydroxylation sites is 1. The number of ketones is 1. The largest absolute Gasteiger partial charge is 0.510 e. The Morgan fingerprint density at radius 1 is 1.10 bits per heavy atom. The standard InChI is InChI=1S/C25H28N2O2S/c1-25(2)17-9-5-6-10-18(17)26(3)20(25)15-16-23(28)22(24(16)29)19-11-12-21(30-19)27-13-7-4-8-14-27/h5-6,9-12,15,22,28H,4,7-8,13-14H2,1-3H3/b20-15-. The minimum Gasteiger partial charge on any atom is -0.510 e. The number of piperidine rings is 1. The van der Waals surface area contributed by atoms with Crippen LogP contribution in [0.4, 0.5) is 10.7 Å². The molecule has 3 aliphatic rings. The minimum atomic E-state index is -0.502. The van der Waals surface area contributed by atoms with E-state index < -0.39 is 5.92 Å². The summed E-state index contributed by atoms with van der Waals surface area (Å²) < 4.78 is 0. The highest BCUT2D eigenvalue weighted by molar-refractivity contribution is 7.16. The van der Waals surface area contributed by atoms with Crippen molar-refractivity contribution in [3.63, 3.8) is 0 Å². The Hall–Kier alpha value is -2.53. The van der Waals surface area contributed by atoms with Gasteiger partial charge in [-0.15, -0.1) is 11.3 Å². The van der Waals surface area contributed by atoms with Gasteiger partial charge in [0.05, 0.1) is 10.6 Å². The van der Waals surface area contributed by atoms with Crippen molar-refractivity contribution in [3.8, 4) is 0 Å². The number of nitrogens with zero attached hydrogens (tertiary/aromatic N) is 2. The van der Waals surface area contributed by atoms with E-state index in [4.69, 9.17) is 0 Å². The number of fused-ring (bicyclic) bond motifs is 1. The van der Waals surface area contributed by atoms with Crippen LogP contribution in [0.3, 0.4) is 0 Å². The van der Waals surface area contributed by atoms with Crippen molar-refractivity contribution in [2.75, 3.05) is 29.9 Å². The number of benzene rings is 1. The highest BCUT2D eigenvalue weighted by atomic mass is 32.1. The van der Waals surface area contributed by atoms with Crippen molar-refractivity contribution in [2.24, 2.45) is 0 Å². The monoisotopic (exact) mass is 420 g/mol. The summed E-state index contributed by atoms with van der Waals surface area (Å²) in [5.41, 5.74) is 3.68. The predicted molar refractivity (Wildman–Crippen MR) is 124 cm³/mol. The molecule has 3 heterocycles. The Bertz CT molecular complexity index is 1070. The van der Waals surface area contributed by atoms with E-state index in [0.29, 0.717) is 5.57 Å². The van der Waals surface area contributed by atoms with Gasteiger partial charge >= 0.3 is 0 Å². The fourth-order valence-corrected chi connectivity index (χ4v) is 6.23. The summed E-state index contributed by atoms with van der Waals surface area (Å²) in [6.45, 7) is 6.51. The highest BCUT2D eigenvalue weighted by Gasteiger charge is 2.44. The second kappa shape index (κ2) is 7.02. The van der Waals surface area contributed by atoms with Crippen LogP contribution in [0.5, 0.6) is 0 Å². The molecule has 0 bridgehead atoms. The van der Waals surface area contributed by atoms with E-state index in [0.717, 1.165) is 29.4 Å². The molecule has 1 saturated heterocycles. The first-order chi connectivity index (χ1) is 14.4. The molecule has 5 heteroatoms. The van der Waals surface area contributed by atoms with E-state index in [9.17, 15) is 9.90 Å². The summed E-state index contributed by atoms with van der Waals surface area (Å²) in [5.74, 6) is -0.274. The second-order valence-electron chi connectivity index (χ2n) is 9.05. The molecule has 0 radical (unpaired) electrons. The molecule has 156 valence electrons. The van der Waals surface area contributed by atoms with Gasteiger partial charge in [-0.2, -0.15) is 0 Å². The second-order valence-corrected chi connectivity index (χ2v) is 10.1. The maximum Gasteiger partial charge on any atom is 0.182 e. The van der Waals surface area contributed by atoms with Gasteiger partial charge in [-0.3, -0.25) is 4.79 Å². The highest BCUT2D eigenvalue weighted by Crippen LogP contribution is 2.49. The number of anilines is 2. The molecule has 4 nitrogen and oxygen atoms in total. The summed E-state index contributed by atoms with van der Waals surface area (Å²) in [7, 11) is 2.03. The number of rotatable bonds is 3. The van der Waals surface area contributed by atoms with Crippen LogP contribution in [0.1, 0.15) is 49.5 Å². The van der Waals surface area contributed by atoms with Gasteiger partial charge in [0.2, 0.25) is 0 Å². The van der Waals surface area contributed by atoms with Crippen LogP contribution in [0.25, 0.3) is 0 Å². The molecule has 2 aromatic rings. The number of hydrogen-bond acceptors (Lipinski definition) is 5. The molecule has 30 heavy (non-hydrogen) atoms. The average molecular weight is 421 g/mol. The third-order valence-electron chi connectivity index (χ3n) is 6.86. The zero-order chi connectivity index (χ0) is 21.0. The molecule has 1 aromatic carbocycles. The molecule has 1 atom stereocenters. The Balaban J connectivity index is 1.44. The molecule has 1 unspecified atom stereocenters. The molecule has 0 spiro atoms. The molecular weight excluding hydrogens is 392 g/mol. The summed E-state index contributed by atoms with van der Waals surface area (Å²) >= 11 is 1.65. The Labute approximate surface area is 182 Å². The number of carbonyl (C=O) groups is 1. The maximum atomic E-state index is 13.0. The SMILES string of the molecule is CN1/C(=C\C2=C(O)C(c3ccc(N4CCCCC4)s3)C2=O)C(C)(C)c2ccccc21. The Morgan fingerprint density at radius 3 is 2.53 bits per heavy atom. The van der Waals surface area contributed by atoms with Crippen molar-refractivity contribution < 1.29 is 9.90 Å². The molecule has 0 amide bonds. The first kappa shape index (κ1) is 19.4. The quantitative estimate of drug-likeness (QED) is 0.709. The molecule has 1 fully saturated rings. The van der Waals surface area contributed by atoms with Gasteiger partial charge in [-0.25, -0.2) is 0 Å². The normalized spacial score (nSPS) is 24.4. The van der Waals surface area contributed by atoms with Crippen molar-refractivity contribution in [1.29, 1.82) is 0 Å². The lowest BCUT2D eigenvalue weighted by atomic mass is 9.78. The molecular formula is C25H28N2O2S. The number of thiophene rings is 1. The number of carbonyl (C=O) groups excluding carboxylic acids is 1. The predicted octanol–water partition coefficient (Wildman–Crippen LogP) is 5.53. The van der Waals surface area contributed by atoms with Gasteiger partial charge in [0.15, 0.2) is 5.78 Å². The van der Waals surface area contributed by atoms with E-state index in [1.165, 1.54) is 29.8 Å². The van der Waals surface area contributed by atoms with Gasteiger partial charge in [-0.1, -0.05) is 32.0 Å². The van der Waals surface area contributed by atoms with Crippen molar-refractivity contribution in [2.45, 2.75) is 44.4 Å². The van der Waals surface area contributed by atoms with E-state index in [-0.39, 0.29) is 17.0 Å². The molecule has 1 aromatic heterocycles. The maximum absolute atomic E-state index is 13.0. The number of likely N-dealkylation sites (N-methyl/N-ethyl adjacent to an activating group) is 1. The molecule has 1 aliphatic carbocycles. The summed E-state index contributed by atoms with van der Waals surface area (Å²) in [5, 5.41) is 12.0. The third-order valence-corrected chi connectivity index (χ3v) is 8.07. The van der Waals surface area contributed by atoms with Crippen molar-refractivity contribution in [1.82, 2.24) is 0 Å². The van der Waals surface area contributed by atoms with Gasteiger partial charge in [0, 0.05) is 41.8 Å². The third kappa shape index (κ3) is 2.83. The zero-order valence-electron chi connectivity index (χ0n) is 17.8. The van der Waals surface area contributed by atoms with Crippen LogP contribution in [-0.4, -0.2) is 31.0 Å². The van der Waals surface area contributed by atoms with Crippen LogP contribution >= 0.6 is 11.3 Å². The molecule has 0 saturated carbocycles. The Morgan fingerprint density at radius 2 is 1.83 bits per heavy atom.